The molecule has 0 unspecified atom stereocenters. The number of nitrogens with zero attached hydrogens (tertiary/aromatic N) is 3. The highest BCUT2D eigenvalue weighted by Crippen LogP contribution is 2.15. The largest absolute Gasteiger partial charge is 0.365 e. The van der Waals surface area contributed by atoms with Gasteiger partial charge in [-0.2, -0.15) is 0 Å². The van der Waals surface area contributed by atoms with E-state index in [2.05, 4.69) is 44.5 Å². The van der Waals surface area contributed by atoms with Crippen LogP contribution in [0.4, 0.5) is 5.82 Å². The molecule has 0 aliphatic carbocycles. The zero-order valence-electron chi connectivity index (χ0n) is 15.3. The Bertz CT molecular complexity index is 744. The van der Waals surface area contributed by atoms with E-state index in [1.54, 1.807) is 12.4 Å². The number of anilines is 1. The summed E-state index contributed by atoms with van der Waals surface area (Å²) in [4.78, 5) is 22.0. The molecule has 0 radical (unpaired) electrons. The predicted octanol–water partition coefficient (Wildman–Crippen LogP) is 2.57. The average Bonchev–Trinajstić information content (AvgIpc) is 3.13. The van der Waals surface area contributed by atoms with Crippen LogP contribution in [0.25, 0.3) is 6.08 Å². The van der Waals surface area contributed by atoms with E-state index in [0.29, 0.717) is 11.7 Å². The molecule has 1 aliphatic heterocycles. The Balaban J connectivity index is 0.00000196. The van der Waals surface area contributed by atoms with Crippen LogP contribution >= 0.6 is 24.8 Å². The van der Waals surface area contributed by atoms with Gasteiger partial charge in [0.25, 0.3) is 5.91 Å². The lowest BCUT2D eigenvalue weighted by Gasteiger charge is -2.17. The highest BCUT2D eigenvalue weighted by Gasteiger charge is 2.22. The number of benzene rings is 1. The minimum absolute atomic E-state index is 0. The van der Waals surface area contributed by atoms with Crippen LogP contribution in [0.3, 0.4) is 0 Å². The zero-order chi connectivity index (χ0) is 18.2. The summed E-state index contributed by atoms with van der Waals surface area (Å²) in [5.74, 6) is 0.124. The third-order valence-corrected chi connectivity index (χ3v) is 4.37. The van der Waals surface area contributed by atoms with E-state index in [-0.39, 0.29) is 24.8 Å². The summed E-state index contributed by atoms with van der Waals surface area (Å²) in [5, 5.41) is 11.9. The molecular formula is C19H25Cl2N5O2. The van der Waals surface area contributed by atoms with E-state index in [1.165, 1.54) is 23.2 Å². The van der Waals surface area contributed by atoms with Gasteiger partial charge in [0.05, 0.1) is 18.1 Å². The first-order valence-corrected chi connectivity index (χ1v) is 8.70. The SMILES string of the molecule is Cl.Cl.O=C(/C=C/c1cnc(N[C@@H]2CCN(CCc3ccccc3)C2)cn1)NO. The van der Waals surface area contributed by atoms with Crippen molar-refractivity contribution in [2.45, 2.75) is 18.9 Å². The molecule has 0 saturated carbocycles. The van der Waals surface area contributed by atoms with Gasteiger partial charge in [-0.1, -0.05) is 30.3 Å². The number of hydrogen-bond donors (Lipinski definition) is 3. The van der Waals surface area contributed by atoms with Gasteiger partial charge in [-0.15, -0.1) is 24.8 Å². The molecule has 1 saturated heterocycles. The number of likely N-dealkylation sites (tertiary alicyclic amines) is 1. The summed E-state index contributed by atoms with van der Waals surface area (Å²) in [6.07, 6.45) is 8.07. The quantitative estimate of drug-likeness (QED) is 0.358. The second-order valence-corrected chi connectivity index (χ2v) is 6.30. The maximum absolute atomic E-state index is 10.9. The van der Waals surface area contributed by atoms with E-state index in [4.69, 9.17) is 5.21 Å². The summed E-state index contributed by atoms with van der Waals surface area (Å²) in [6, 6.07) is 10.9. The number of carbonyl (C=O) groups excluding carboxylic acids is 1. The van der Waals surface area contributed by atoms with E-state index in [9.17, 15) is 4.79 Å². The second-order valence-electron chi connectivity index (χ2n) is 6.30. The number of aromatic nitrogens is 2. The molecule has 1 aliphatic rings. The second kappa shape index (κ2) is 12.3. The van der Waals surface area contributed by atoms with Gasteiger partial charge in [-0.25, -0.2) is 10.5 Å². The third kappa shape index (κ3) is 7.44. The van der Waals surface area contributed by atoms with Crippen molar-refractivity contribution in [3.05, 3.63) is 60.1 Å². The summed E-state index contributed by atoms with van der Waals surface area (Å²) in [6.45, 7) is 3.13. The number of nitrogens with one attached hydrogen (secondary N) is 2. The normalized spacial score (nSPS) is 16.2. The highest BCUT2D eigenvalue weighted by atomic mass is 35.5. The number of rotatable bonds is 7. The molecule has 0 spiro atoms. The van der Waals surface area contributed by atoms with Crippen LogP contribution in [0.15, 0.2) is 48.8 Å². The van der Waals surface area contributed by atoms with Crippen LogP contribution < -0.4 is 10.8 Å². The molecule has 2 aromatic rings. The number of hydrogen-bond acceptors (Lipinski definition) is 6. The molecule has 1 aromatic carbocycles. The van der Waals surface area contributed by atoms with E-state index in [1.807, 2.05) is 6.07 Å². The van der Waals surface area contributed by atoms with Gasteiger partial charge in [-0.3, -0.25) is 15.0 Å². The molecule has 9 heteroatoms. The van der Waals surface area contributed by atoms with Gasteiger partial charge < -0.3 is 10.2 Å². The molecule has 28 heavy (non-hydrogen) atoms. The van der Waals surface area contributed by atoms with Crippen molar-refractivity contribution in [2.24, 2.45) is 0 Å². The molecular weight excluding hydrogens is 401 g/mol. The van der Waals surface area contributed by atoms with Crippen LogP contribution in [0, 0.1) is 0 Å². The van der Waals surface area contributed by atoms with Crippen molar-refractivity contribution < 1.29 is 10.0 Å². The summed E-state index contributed by atoms with van der Waals surface area (Å²) < 4.78 is 0. The molecule has 152 valence electrons. The molecule has 3 N–H and O–H groups in total. The smallest absolute Gasteiger partial charge is 0.267 e. The standard InChI is InChI=1S/C19H23N5O2.2ClH/c25-19(23-26)7-6-16-12-21-18(13-20-16)22-17-9-11-24(14-17)10-8-15-4-2-1-3-5-15;;/h1-7,12-13,17,26H,8-11,14H2,(H,21,22)(H,23,25);2*1H/b7-6+;;/t17-;;/m1../s1. The third-order valence-electron chi connectivity index (χ3n) is 4.37. The summed E-state index contributed by atoms with van der Waals surface area (Å²) in [5.41, 5.74) is 3.45. The van der Waals surface area contributed by atoms with Crippen LogP contribution in [-0.4, -0.2) is 51.7 Å². The van der Waals surface area contributed by atoms with Crippen molar-refractivity contribution in [1.29, 1.82) is 0 Å². The fourth-order valence-corrected chi connectivity index (χ4v) is 2.99. The Kier molecular flexibility index (Phi) is 10.5. The average molecular weight is 426 g/mol. The van der Waals surface area contributed by atoms with Crippen LogP contribution in [0.5, 0.6) is 0 Å². The highest BCUT2D eigenvalue weighted by molar-refractivity contribution is 5.90. The van der Waals surface area contributed by atoms with E-state index >= 15 is 0 Å². The Morgan fingerprint density at radius 2 is 2.00 bits per heavy atom. The van der Waals surface area contributed by atoms with Crippen molar-refractivity contribution in [3.63, 3.8) is 0 Å². The van der Waals surface area contributed by atoms with Crippen LogP contribution in [-0.2, 0) is 11.2 Å². The predicted molar refractivity (Wildman–Crippen MR) is 114 cm³/mol. The van der Waals surface area contributed by atoms with Crippen molar-refractivity contribution in [1.82, 2.24) is 20.3 Å². The minimum atomic E-state index is -0.601. The first-order valence-electron chi connectivity index (χ1n) is 8.70. The topological polar surface area (TPSA) is 90.4 Å². The fraction of sp³-hybridized carbons (Fsp3) is 0.316. The Hall–Kier alpha value is -2.19. The van der Waals surface area contributed by atoms with E-state index < -0.39 is 5.91 Å². The first-order chi connectivity index (χ1) is 12.7. The molecule has 2 heterocycles. The number of carbonyl (C=O) groups is 1. The Labute approximate surface area is 177 Å². The molecule has 7 nitrogen and oxygen atoms in total. The Morgan fingerprint density at radius 1 is 1.21 bits per heavy atom. The Morgan fingerprint density at radius 3 is 2.68 bits per heavy atom. The molecule has 0 bridgehead atoms. The maximum Gasteiger partial charge on any atom is 0.267 e. The lowest BCUT2D eigenvalue weighted by molar-refractivity contribution is -0.124. The summed E-state index contributed by atoms with van der Waals surface area (Å²) >= 11 is 0. The minimum Gasteiger partial charge on any atom is -0.365 e. The monoisotopic (exact) mass is 425 g/mol. The van der Waals surface area contributed by atoms with Gasteiger partial charge in [-0.05, 0) is 24.5 Å². The van der Waals surface area contributed by atoms with Crippen LogP contribution in [0.1, 0.15) is 17.7 Å². The zero-order valence-corrected chi connectivity index (χ0v) is 17.0. The van der Waals surface area contributed by atoms with Gasteiger partial charge in [0.15, 0.2) is 0 Å². The van der Waals surface area contributed by atoms with Gasteiger partial charge in [0, 0.05) is 31.8 Å². The summed E-state index contributed by atoms with van der Waals surface area (Å²) in [7, 11) is 0. The van der Waals surface area contributed by atoms with Crippen molar-refractivity contribution in [2.75, 3.05) is 25.0 Å². The first kappa shape index (κ1) is 23.8. The van der Waals surface area contributed by atoms with Gasteiger partial charge >= 0.3 is 0 Å². The van der Waals surface area contributed by atoms with Gasteiger partial charge in [0.1, 0.15) is 5.82 Å². The van der Waals surface area contributed by atoms with Crippen LogP contribution in [0.2, 0.25) is 0 Å². The number of halogens is 2. The molecule has 1 aromatic heterocycles. The van der Waals surface area contributed by atoms with E-state index in [0.717, 1.165) is 38.3 Å². The van der Waals surface area contributed by atoms with Gasteiger partial charge in [0.2, 0.25) is 0 Å². The number of amides is 1. The molecule has 1 amide bonds. The molecule has 1 fully saturated rings. The molecule has 1 atom stereocenters. The van der Waals surface area contributed by atoms with Crippen molar-refractivity contribution in [3.8, 4) is 0 Å². The molecule has 3 rings (SSSR count). The number of hydroxylamine groups is 1. The maximum atomic E-state index is 10.9. The fourth-order valence-electron chi connectivity index (χ4n) is 2.99. The van der Waals surface area contributed by atoms with Crippen molar-refractivity contribution >= 4 is 42.6 Å². The lowest BCUT2D eigenvalue weighted by atomic mass is 10.1. The lowest BCUT2D eigenvalue weighted by Crippen LogP contribution is -2.28.